The lowest BCUT2D eigenvalue weighted by Crippen LogP contribution is -2.19. The molecule has 0 radical (unpaired) electrons. The summed E-state index contributed by atoms with van der Waals surface area (Å²) in [5.41, 5.74) is 7.92. The lowest BCUT2D eigenvalue weighted by Gasteiger charge is -2.32. The van der Waals surface area contributed by atoms with Gasteiger partial charge in [0.1, 0.15) is 12.6 Å². The van der Waals surface area contributed by atoms with Gasteiger partial charge in [-0.25, -0.2) is 0 Å². The zero-order valence-corrected chi connectivity index (χ0v) is 21.6. The number of hydrogen-bond donors (Lipinski definition) is 0. The largest absolute Gasteiger partial charge is 0.299 e. The van der Waals surface area contributed by atoms with Crippen LogP contribution in [0.15, 0.2) is 82.0 Å². The van der Waals surface area contributed by atoms with Gasteiger partial charge in [0.15, 0.2) is 0 Å². The smallest absolute Gasteiger partial charge is 0.143 e. The number of aldehydes is 2. The molecule has 0 aromatic carbocycles. The number of carbonyl (C=O) groups excluding carboxylic acids is 2. The molecular formula is C30H44O2. The molecule has 0 aromatic rings. The number of carbonyl (C=O) groups is 2. The predicted molar refractivity (Wildman–Crippen MR) is 141 cm³/mol. The van der Waals surface area contributed by atoms with Crippen molar-refractivity contribution < 1.29 is 9.59 Å². The van der Waals surface area contributed by atoms with Crippen molar-refractivity contribution in [3.8, 4) is 0 Å². The first-order valence-corrected chi connectivity index (χ1v) is 11.6. The first-order valence-electron chi connectivity index (χ1n) is 11.6. The minimum Gasteiger partial charge on any atom is -0.299 e. The van der Waals surface area contributed by atoms with E-state index in [0.717, 1.165) is 36.6 Å². The van der Waals surface area contributed by atoms with E-state index in [-0.39, 0.29) is 5.41 Å². The van der Waals surface area contributed by atoms with Crippen LogP contribution >= 0.6 is 0 Å². The fourth-order valence-corrected chi connectivity index (χ4v) is 3.59. The summed E-state index contributed by atoms with van der Waals surface area (Å²) in [5.74, 6) is 0. The summed E-state index contributed by atoms with van der Waals surface area (Å²) in [7, 11) is 0. The van der Waals surface area contributed by atoms with Crippen molar-refractivity contribution in [2.75, 3.05) is 0 Å². The lowest BCUT2D eigenvalue weighted by molar-refractivity contribution is -0.104. The zero-order chi connectivity index (χ0) is 24.6. The molecule has 0 saturated heterocycles. The maximum atomic E-state index is 10.3. The molecule has 0 aliphatic heterocycles. The molecule has 32 heavy (non-hydrogen) atoms. The third kappa shape index (κ3) is 13.7. The minimum atomic E-state index is 0.278. The minimum absolute atomic E-state index is 0.278. The molecule has 176 valence electrons. The SMILES string of the molecule is CC(C)=CCC/C(C)=C/C=C/C(C)=C/C=O.CC1=C(/C=C/C(C)=C/C=O)C(C)(C)CCC1. The summed E-state index contributed by atoms with van der Waals surface area (Å²) in [5, 5.41) is 0. The maximum Gasteiger partial charge on any atom is 0.143 e. The van der Waals surface area contributed by atoms with Crippen molar-refractivity contribution in [2.24, 2.45) is 5.41 Å². The Labute approximate surface area is 197 Å². The van der Waals surface area contributed by atoms with Crippen LogP contribution in [0.5, 0.6) is 0 Å². The predicted octanol–water partition coefficient (Wildman–Crippen LogP) is 8.59. The highest BCUT2D eigenvalue weighted by atomic mass is 16.1. The third-order valence-electron chi connectivity index (χ3n) is 5.55. The Morgan fingerprint density at radius 2 is 1.50 bits per heavy atom. The van der Waals surface area contributed by atoms with Crippen LogP contribution in [0.4, 0.5) is 0 Å². The first-order chi connectivity index (χ1) is 15.0. The van der Waals surface area contributed by atoms with Crippen LogP contribution in [-0.4, -0.2) is 12.6 Å². The molecule has 0 fully saturated rings. The Hall–Kier alpha value is -2.48. The topological polar surface area (TPSA) is 34.1 Å². The van der Waals surface area contributed by atoms with E-state index in [0.29, 0.717) is 0 Å². The van der Waals surface area contributed by atoms with Gasteiger partial charge in [0.25, 0.3) is 0 Å². The van der Waals surface area contributed by atoms with Crippen molar-refractivity contribution >= 4 is 12.6 Å². The normalized spacial score (nSPS) is 17.3. The highest BCUT2D eigenvalue weighted by molar-refractivity contribution is 5.67. The van der Waals surface area contributed by atoms with E-state index >= 15 is 0 Å². The van der Waals surface area contributed by atoms with Crippen molar-refractivity contribution in [1.82, 2.24) is 0 Å². The molecule has 0 aromatic heterocycles. The van der Waals surface area contributed by atoms with Crippen molar-refractivity contribution in [2.45, 2.75) is 87.5 Å². The quantitative estimate of drug-likeness (QED) is 0.157. The van der Waals surface area contributed by atoms with Gasteiger partial charge in [0.05, 0.1) is 0 Å². The second-order valence-electron chi connectivity index (χ2n) is 9.55. The molecule has 0 spiro atoms. The summed E-state index contributed by atoms with van der Waals surface area (Å²) in [6, 6.07) is 0. The van der Waals surface area contributed by atoms with Crippen LogP contribution in [0.25, 0.3) is 0 Å². The average Bonchev–Trinajstić information content (AvgIpc) is 2.68. The van der Waals surface area contributed by atoms with Crippen LogP contribution in [0.3, 0.4) is 0 Å². The molecule has 1 aliphatic carbocycles. The zero-order valence-electron chi connectivity index (χ0n) is 21.6. The number of rotatable bonds is 9. The van der Waals surface area contributed by atoms with Crippen molar-refractivity contribution in [3.63, 3.8) is 0 Å². The molecule has 2 heteroatoms. The standard InChI is InChI=1S/2C15H22O/c1-12(9-11-16)7-8-14-13(2)6-5-10-15(14,3)4;1-13(2)7-5-8-14(3)9-6-10-15(4)11-12-16/h7-9,11H,5-6,10H2,1-4H3;6-7,9-12H,5,8H2,1-4H3/b8-7+,12-9+;10-6+,14-9+,15-11+. The van der Waals surface area contributed by atoms with Crippen LogP contribution in [0.2, 0.25) is 0 Å². The highest BCUT2D eigenvalue weighted by Gasteiger charge is 2.26. The maximum absolute atomic E-state index is 10.3. The lowest BCUT2D eigenvalue weighted by atomic mass is 9.72. The fourth-order valence-electron chi connectivity index (χ4n) is 3.59. The van der Waals surface area contributed by atoms with Crippen molar-refractivity contribution in [3.05, 3.63) is 82.0 Å². The summed E-state index contributed by atoms with van der Waals surface area (Å²) in [6.07, 6.45) is 23.3. The Kier molecular flexibility index (Phi) is 14.9. The monoisotopic (exact) mass is 436 g/mol. The molecule has 0 saturated carbocycles. The van der Waals surface area contributed by atoms with E-state index in [1.807, 2.05) is 32.1 Å². The fraction of sp³-hybridized carbons (Fsp3) is 0.467. The van der Waals surface area contributed by atoms with E-state index in [9.17, 15) is 9.59 Å². The van der Waals surface area contributed by atoms with E-state index in [2.05, 4.69) is 59.8 Å². The molecule has 1 aliphatic rings. The Bertz CT molecular complexity index is 817. The molecule has 0 atom stereocenters. The Morgan fingerprint density at radius 3 is 2.03 bits per heavy atom. The van der Waals surface area contributed by atoms with Gasteiger partial charge >= 0.3 is 0 Å². The van der Waals surface area contributed by atoms with Gasteiger partial charge in [-0.05, 0) is 108 Å². The van der Waals surface area contributed by atoms with Crippen LogP contribution < -0.4 is 0 Å². The Morgan fingerprint density at radius 1 is 0.906 bits per heavy atom. The van der Waals surface area contributed by atoms with Gasteiger partial charge in [0.2, 0.25) is 0 Å². The molecule has 2 nitrogen and oxygen atoms in total. The Balaban J connectivity index is 0.000000601. The van der Waals surface area contributed by atoms with E-state index in [4.69, 9.17) is 0 Å². The van der Waals surface area contributed by atoms with Gasteiger partial charge in [0, 0.05) is 0 Å². The second kappa shape index (κ2) is 16.2. The summed E-state index contributed by atoms with van der Waals surface area (Å²) < 4.78 is 0. The van der Waals surface area contributed by atoms with Crippen LogP contribution in [0, 0.1) is 5.41 Å². The van der Waals surface area contributed by atoms with Gasteiger partial charge in [-0.1, -0.05) is 67.0 Å². The first kappa shape index (κ1) is 29.5. The van der Waals surface area contributed by atoms with Gasteiger partial charge in [-0.15, -0.1) is 0 Å². The molecular weight excluding hydrogens is 392 g/mol. The van der Waals surface area contributed by atoms with Crippen molar-refractivity contribution in [1.29, 1.82) is 0 Å². The molecule has 0 bridgehead atoms. The summed E-state index contributed by atoms with van der Waals surface area (Å²) in [6.45, 7) is 17.1. The molecule has 1 rings (SSSR count). The number of allylic oxidation sites excluding steroid dienone is 14. The molecule has 0 heterocycles. The van der Waals surface area contributed by atoms with E-state index in [1.54, 1.807) is 12.2 Å². The second-order valence-corrected chi connectivity index (χ2v) is 9.55. The third-order valence-corrected chi connectivity index (χ3v) is 5.55. The molecule has 0 unspecified atom stereocenters. The summed E-state index contributed by atoms with van der Waals surface area (Å²) >= 11 is 0. The van der Waals surface area contributed by atoms with Gasteiger partial charge in [-0.3, -0.25) is 9.59 Å². The van der Waals surface area contributed by atoms with Crippen LogP contribution in [0.1, 0.15) is 87.5 Å². The van der Waals surface area contributed by atoms with Gasteiger partial charge in [-0.2, -0.15) is 0 Å². The van der Waals surface area contributed by atoms with Gasteiger partial charge < -0.3 is 0 Å². The molecule has 0 N–H and O–H groups in total. The molecule has 0 amide bonds. The van der Waals surface area contributed by atoms with E-state index in [1.165, 1.54) is 41.6 Å². The highest BCUT2D eigenvalue weighted by Crippen LogP contribution is 2.40. The van der Waals surface area contributed by atoms with E-state index < -0.39 is 0 Å². The average molecular weight is 437 g/mol. The van der Waals surface area contributed by atoms with Crippen LogP contribution in [-0.2, 0) is 9.59 Å². The number of hydrogen-bond acceptors (Lipinski definition) is 2. The summed E-state index contributed by atoms with van der Waals surface area (Å²) in [4.78, 5) is 20.5.